The highest BCUT2D eigenvalue weighted by molar-refractivity contribution is 5.89. The van der Waals surface area contributed by atoms with E-state index in [0.717, 1.165) is 45.3 Å². The Hall–Kier alpha value is -3.25. The lowest BCUT2D eigenvalue weighted by molar-refractivity contribution is 0.116. The number of hydrogen-bond donors (Lipinski definition) is 1. The summed E-state index contributed by atoms with van der Waals surface area (Å²) in [5.74, 6) is 0.0860. The zero-order valence-corrected chi connectivity index (χ0v) is 19.8. The molecule has 1 fully saturated rings. The van der Waals surface area contributed by atoms with Crippen LogP contribution in [0.15, 0.2) is 72.8 Å². The number of nitrogens with zero attached hydrogens (tertiary/aromatic N) is 2. The van der Waals surface area contributed by atoms with E-state index in [0.29, 0.717) is 18.2 Å². The summed E-state index contributed by atoms with van der Waals surface area (Å²) in [4.78, 5) is 17.7. The largest absolute Gasteiger partial charge is 0.322 e. The van der Waals surface area contributed by atoms with Crippen LogP contribution in [0, 0.1) is 17.6 Å². The number of benzene rings is 3. The Kier molecular flexibility index (Phi) is 7.09. The van der Waals surface area contributed by atoms with Crippen molar-refractivity contribution in [2.45, 2.75) is 38.3 Å². The molecule has 0 aliphatic carbocycles. The summed E-state index contributed by atoms with van der Waals surface area (Å²) >= 11 is 0. The highest BCUT2D eigenvalue weighted by Crippen LogP contribution is 2.27. The highest BCUT2D eigenvalue weighted by Gasteiger charge is 2.32. The SMILES string of the molecule is O=C(Nc1ccc(F)cc1)N1Cc2ccccc2CC1CN1CCC(Cc2ccc(F)cc2)CC1. The minimum Gasteiger partial charge on any atom is -0.316 e. The van der Waals surface area contributed by atoms with Gasteiger partial charge in [-0.1, -0.05) is 36.4 Å². The van der Waals surface area contributed by atoms with Crippen molar-refractivity contribution in [3.63, 3.8) is 0 Å². The fraction of sp³-hybridized carbons (Fsp3) is 0.345. The number of nitrogens with one attached hydrogen (secondary N) is 1. The van der Waals surface area contributed by atoms with Gasteiger partial charge in [0.25, 0.3) is 0 Å². The van der Waals surface area contributed by atoms with Gasteiger partial charge >= 0.3 is 6.03 Å². The Bertz CT molecular complexity index is 1140. The summed E-state index contributed by atoms with van der Waals surface area (Å²) in [5.41, 5.74) is 4.26. The number of halogens is 2. The summed E-state index contributed by atoms with van der Waals surface area (Å²) in [5, 5.41) is 2.95. The van der Waals surface area contributed by atoms with Gasteiger partial charge in [-0.05, 0) is 97.8 Å². The van der Waals surface area contributed by atoms with Crippen LogP contribution >= 0.6 is 0 Å². The lowest BCUT2D eigenvalue weighted by Crippen LogP contribution is -2.52. The topological polar surface area (TPSA) is 35.6 Å². The van der Waals surface area contributed by atoms with E-state index >= 15 is 0 Å². The summed E-state index contributed by atoms with van der Waals surface area (Å²) in [6, 6.07) is 21.0. The summed E-state index contributed by atoms with van der Waals surface area (Å²) in [6.45, 7) is 3.39. The zero-order chi connectivity index (χ0) is 24.2. The molecule has 3 aromatic carbocycles. The van der Waals surface area contributed by atoms with Crippen LogP contribution in [0.25, 0.3) is 0 Å². The predicted octanol–water partition coefficient (Wildman–Crippen LogP) is 5.88. The van der Waals surface area contributed by atoms with Crippen molar-refractivity contribution in [1.82, 2.24) is 9.80 Å². The second-order valence-electron chi connectivity index (χ2n) is 9.77. The van der Waals surface area contributed by atoms with Gasteiger partial charge in [0.15, 0.2) is 0 Å². The molecule has 2 aliphatic rings. The lowest BCUT2D eigenvalue weighted by atomic mass is 9.89. The van der Waals surface area contributed by atoms with Gasteiger partial charge in [-0.3, -0.25) is 0 Å². The number of amides is 2. The van der Waals surface area contributed by atoms with E-state index in [9.17, 15) is 13.6 Å². The van der Waals surface area contributed by atoms with Gasteiger partial charge < -0.3 is 15.1 Å². The second-order valence-corrected chi connectivity index (χ2v) is 9.77. The van der Waals surface area contributed by atoms with E-state index in [1.165, 1.54) is 41.0 Å². The summed E-state index contributed by atoms with van der Waals surface area (Å²) in [6.07, 6.45) is 4.00. The molecule has 0 aromatic heterocycles. The number of carbonyl (C=O) groups is 1. The molecule has 5 rings (SSSR count). The van der Waals surface area contributed by atoms with E-state index in [4.69, 9.17) is 0 Å². The smallest absolute Gasteiger partial charge is 0.316 e. The van der Waals surface area contributed by atoms with Crippen molar-refractivity contribution in [3.05, 3.63) is 101 Å². The van der Waals surface area contributed by atoms with E-state index in [2.05, 4.69) is 28.4 Å². The molecule has 0 bridgehead atoms. The van der Waals surface area contributed by atoms with Crippen molar-refractivity contribution in [2.24, 2.45) is 5.92 Å². The third-order valence-electron chi connectivity index (χ3n) is 7.33. The molecule has 1 atom stereocenters. The molecule has 1 N–H and O–H groups in total. The van der Waals surface area contributed by atoms with Gasteiger partial charge in [0.1, 0.15) is 11.6 Å². The summed E-state index contributed by atoms with van der Waals surface area (Å²) in [7, 11) is 0. The highest BCUT2D eigenvalue weighted by atomic mass is 19.1. The van der Waals surface area contributed by atoms with Gasteiger partial charge in [-0.25, -0.2) is 13.6 Å². The first kappa shape index (κ1) is 23.5. The molecule has 182 valence electrons. The maximum Gasteiger partial charge on any atom is 0.322 e. The van der Waals surface area contributed by atoms with Crippen LogP contribution in [0.1, 0.15) is 29.5 Å². The minimum atomic E-state index is -0.324. The molecule has 3 aromatic rings. The quantitative estimate of drug-likeness (QED) is 0.500. The van der Waals surface area contributed by atoms with Gasteiger partial charge in [0.05, 0.1) is 6.04 Å². The number of carbonyl (C=O) groups excluding carboxylic acids is 1. The van der Waals surface area contributed by atoms with Crippen LogP contribution in [0.2, 0.25) is 0 Å². The molecule has 2 heterocycles. The lowest BCUT2D eigenvalue weighted by Gasteiger charge is -2.41. The maximum absolute atomic E-state index is 13.3. The van der Waals surface area contributed by atoms with E-state index < -0.39 is 0 Å². The monoisotopic (exact) mass is 475 g/mol. The molecule has 35 heavy (non-hydrogen) atoms. The molecule has 0 radical (unpaired) electrons. The Labute approximate surface area is 205 Å². The Balaban J connectivity index is 1.23. The number of urea groups is 1. The third-order valence-corrected chi connectivity index (χ3v) is 7.33. The van der Waals surface area contributed by atoms with Crippen molar-refractivity contribution in [1.29, 1.82) is 0 Å². The van der Waals surface area contributed by atoms with Crippen molar-refractivity contribution in [3.8, 4) is 0 Å². The van der Waals surface area contributed by atoms with E-state index in [-0.39, 0.29) is 23.7 Å². The van der Waals surface area contributed by atoms with Crippen molar-refractivity contribution in [2.75, 3.05) is 25.0 Å². The molecule has 0 saturated carbocycles. The first-order chi connectivity index (χ1) is 17.0. The Morgan fingerprint density at radius 3 is 2.17 bits per heavy atom. The van der Waals surface area contributed by atoms with E-state index in [1.807, 2.05) is 23.1 Å². The third kappa shape index (κ3) is 5.88. The number of anilines is 1. The number of rotatable bonds is 5. The number of hydrogen-bond acceptors (Lipinski definition) is 2. The average Bonchev–Trinajstić information content (AvgIpc) is 2.87. The number of piperidine rings is 1. The van der Waals surface area contributed by atoms with Crippen LogP contribution in [-0.4, -0.2) is 41.5 Å². The molecule has 4 nitrogen and oxygen atoms in total. The van der Waals surface area contributed by atoms with Gasteiger partial charge in [-0.2, -0.15) is 0 Å². The zero-order valence-electron chi connectivity index (χ0n) is 19.8. The molecule has 1 unspecified atom stereocenters. The fourth-order valence-corrected chi connectivity index (χ4v) is 5.34. The average molecular weight is 476 g/mol. The molecular weight excluding hydrogens is 444 g/mol. The summed E-state index contributed by atoms with van der Waals surface area (Å²) < 4.78 is 26.5. The van der Waals surface area contributed by atoms with E-state index in [1.54, 1.807) is 12.1 Å². The second kappa shape index (κ2) is 10.6. The van der Waals surface area contributed by atoms with Crippen LogP contribution in [0.3, 0.4) is 0 Å². The first-order valence-electron chi connectivity index (χ1n) is 12.4. The standard InChI is InChI=1S/C29H31F2N3O/c30-25-7-5-21(6-8-25)17-22-13-15-33(16-14-22)20-28-18-23-3-1-2-4-24(23)19-34(28)29(35)32-27-11-9-26(31)10-12-27/h1-12,22,28H,13-20H2,(H,32,35). The van der Waals surface area contributed by atoms with Crippen LogP contribution in [0.5, 0.6) is 0 Å². The molecule has 2 aliphatic heterocycles. The van der Waals surface area contributed by atoms with Crippen molar-refractivity contribution < 1.29 is 13.6 Å². The van der Waals surface area contributed by atoms with Crippen LogP contribution in [0.4, 0.5) is 19.3 Å². The number of likely N-dealkylation sites (tertiary alicyclic amines) is 1. The first-order valence-corrected chi connectivity index (χ1v) is 12.4. The fourth-order valence-electron chi connectivity index (χ4n) is 5.34. The molecule has 2 amide bonds. The van der Waals surface area contributed by atoms with Gasteiger partial charge in [0.2, 0.25) is 0 Å². The van der Waals surface area contributed by atoms with Crippen LogP contribution in [-0.2, 0) is 19.4 Å². The van der Waals surface area contributed by atoms with Crippen molar-refractivity contribution >= 4 is 11.7 Å². The Morgan fingerprint density at radius 1 is 0.857 bits per heavy atom. The number of fused-ring (bicyclic) bond motifs is 1. The van der Waals surface area contributed by atoms with Gasteiger partial charge in [-0.15, -0.1) is 0 Å². The molecule has 1 saturated heterocycles. The molecule has 0 spiro atoms. The van der Waals surface area contributed by atoms with Crippen LogP contribution < -0.4 is 5.32 Å². The molecular formula is C29H31F2N3O. The minimum absolute atomic E-state index is 0.0685. The predicted molar refractivity (Wildman–Crippen MR) is 134 cm³/mol. The molecule has 6 heteroatoms. The Morgan fingerprint density at radius 2 is 1.49 bits per heavy atom. The van der Waals surface area contributed by atoms with Gasteiger partial charge in [0, 0.05) is 18.8 Å². The maximum atomic E-state index is 13.3. The normalized spacial score (nSPS) is 18.8.